The highest BCUT2D eigenvalue weighted by molar-refractivity contribution is 7.13. The minimum absolute atomic E-state index is 0.0109. The van der Waals surface area contributed by atoms with E-state index < -0.39 is 0 Å². The summed E-state index contributed by atoms with van der Waals surface area (Å²) in [5.41, 5.74) is 1.28. The first kappa shape index (κ1) is 17.9. The number of benzene rings is 1. The first-order chi connectivity index (χ1) is 14.2. The molecule has 1 fully saturated rings. The molecule has 5 rings (SSSR count). The lowest BCUT2D eigenvalue weighted by Crippen LogP contribution is -2.41. The van der Waals surface area contributed by atoms with Gasteiger partial charge in [-0.1, -0.05) is 6.07 Å². The van der Waals surface area contributed by atoms with E-state index in [9.17, 15) is 9.59 Å². The molecule has 0 saturated carbocycles. The van der Waals surface area contributed by atoms with Crippen molar-refractivity contribution in [1.29, 1.82) is 0 Å². The van der Waals surface area contributed by atoms with E-state index in [-0.39, 0.29) is 24.3 Å². The van der Waals surface area contributed by atoms with Gasteiger partial charge in [-0.05, 0) is 48.6 Å². The van der Waals surface area contributed by atoms with Crippen LogP contribution in [-0.2, 0) is 0 Å². The Morgan fingerprint density at radius 2 is 1.90 bits per heavy atom. The maximum atomic E-state index is 12.9. The SMILES string of the molecule is O=C(c1ccc2c(c1)OCO2)N1CCC(n2nc(-c3cccs3)ccc2=O)CC1. The summed E-state index contributed by atoms with van der Waals surface area (Å²) in [6.45, 7) is 1.34. The van der Waals surface area contributed by atoms with Crippen LogP contribution in [-0.4, -0.2) is 40.5 Å². The van der Waals surface area contributed by atoms with E-state index in [4.69, 9.17) is 9.47 Å². The van der Waals surface area contributed by atoms with Crippen LogP contribution in [0.5, 0.6) is 11.5 Å². The number of thiophene rings is 1. The number of piperidine rings is 1. The van der Waals surface area contributed by atoms with Crippen molar-refractivity contribution in [1.82, 2.24) is 14.7 Å². The lowest BCUT2D eigenvalue weighted by molar-refractivity contribution is 0.0687. The Morgan fingerprint density at radius 1 is 1.07 bits per heavy atom. The van der Waals surface area contributed by atoms with Crippen molar-refractivity contribution in [3.63, 3.8) is 0 Å². The second-order valence-corrected chi connectivity index (χ2v) is 8.02. The topological polar surface area (TPSA) is 73.7 Å². The molecule has 8 heteroatoms. The molecule has 0 spiro atoms. The molecule has 1 amide bonds. The Balaban J connectivity index is 1.30. The van der Waals surface area contributed by atoms with Crippen LogP contribution in [0.3, 0.4) is 0 Å². The van der Waals surface area contributed by atoms with E-state index in [0.717, 1.165) is 10.6 Å². The van der Waals surface area contributed by atoms with Crippen molar-refractivity contribution >= 4 is 17.2 Å². The molecule has 4 heterocycles. The fourth-order valence-electron chi connectivity index (χ4n) is 3.77. The normalized spacial score (nSPS) is 16.2. The zero-order chi connectivity index (χ0) is 19.8. The van der Waals surface area contributed by atoms with Crippen molar-refractivity contribution in [2.24, 2.45) is 0 Å². The first-order valence-corrected chi connectivity index (χ1v) is 10.4. The first-order valence-electron chi connectivity index (χ1n) is 9.52. The van der Waals surface area contributed by atoms with E-state index in [0.29, 0.717) is 43.0 Å². The third-order valence-electron chi connectivity index (χ3n) is 5.32. The Kier molecular flexibility index (Phi) is 4.55. The van der Waals surface area contributed by atoms with Crippen molar-refractivity contribution in [2.45, 2.75) is 18.9 Å². The lowest BCUT2D eigenvalue weighted by atomic mass is 10.0. The van der Waals surface area contributed by atoms with E-state index in [2.05, 4.69) is 5.10 Å². The van der Waals surface area contributed by atoms with Crippen LogP contribution in [0.15, 0.2) is 52.6 Å². The molecule has 0 N–H and O–H groups in total. The van der Waals surface area contributed by atoms with Crippen LogP contribution < -0.4 is 15.0 Å². The van der Waals surface area contributed by atoms with Crippen molar-refractivity contribution in [3.8, 4) is 22.1 Å². The van der Waals surface area contributed by atoms with E-state index >= 15 is 0 Å². The summed E-state index contributed by atoms with van der Waals surface area (Å²) in [6, 6.07) is 12.6. The van der Waals surface area contributed by atoms with E-state index in [1.54, 1.807) is 46.4 Å². The number of fused-ring (bicyclic) bond motifs is 1. The van der Waals surface area contributed by atoms with Gasteiger partial charge in [0.2, 0.25) is 6.79 Å². The summed E-state index contributed by atoms with van der Waals surface area (Å²) < 4.78 is 12.3. The highest BCUT2D eigenvalue weighted by Gasteiger charge is 2.27. The highest BCUT2D eigenvalue weighted by atomic mass is 32.1. The lowest BCUT2D eigenvalue weighted by Gasteiger charge is -2.32. The number of carbonyl (C=O) groups is 1. The van der Waals surface area contributed by atoms with Gasteiger partial charge in [0.1, 0.15) is 5.69 Å². The highest BCUT2D eigenvalue weighted by Crippen LogP contribution is 2.33. The number of aromatic nitrogens is 2. The predicted molar refractivity (Wildman–Crippen MR) is 109 cm³/mol. The second kappa shape index (κ2) is 7.36. The monoisotopic (exact) mass is 409 g/mol. The van der Waals surface area contributed by atoms with E-state index in [1.807, 2.05) is 22.4 Å². The molecule has 0 unspecified atom stereocenters. The summed E-state index contributed by atoms with van der Waals surface area (Å²) in [5.74, 6) is 1.23. The largest absolute Gasteiger partial charge is 0.454 e. The smallest absolute Gasteiger partial charge is 0.267 e. The fraction of sp³-hybridized carbons (Fsp3) is 0.286. The van der Waals surface area contributed by atoms with Gasteiger partial charge in [0, 0.05) is 24.7 Å². The Morgan fingerprint density at radius 3 is 2.69 bits per heavy atom. The average molecular weight is 409 g/mol. The minimum Gasteiger partial charge on any atom is -0.454 e. The minimum atomic E-state index is -0.106. The van der Waals surface area contributed by atoms with Crippen LogP contribution in [0.1, 0.15) is 29.2 Å². The van der Waals surface area contributed by atoms with Crippen LogP contribution >= 0.6 is 11.3 Å². The number of nitrogens with zero attached hydrogens (tertiary/aromatic N) is 3. The van der Waals surface area contributed by atoms with E-state index in [1.165, 1.54) is 0 Å². The summed E-state index contributed by atoms with van der Waals surface area (Å²) in [4.78, 5) is 28.1. The van der Waals surface area contributed by atoms with Gasteiger partial charge in [-0.25, -0.2) is 4.68 Å². The molecule has 0 atom stereocenters. The summed E-state index contributed by atoms with van der Waals surface area (Å²) >= 11 is 1.60. The van der Waals surface area contributed by atoms with Gasteiger partial charge < -0.3 is 14.4 Å². The third kappa shape index (κ3) is 3.40. The molecule has 1 aromatic carbocycles. The zero-order valence-corrected chi connectivity index (χ0v) is 16.4. The van der Waals surface area contributed by atoms with Crippen LogP contribution in [0, 0.1) is 0 Å². The maximum Gasteiger partial charge on any atom is 0.267 e. The van der Waals surface area contributed by atoms with Gasteiger partial charge in [0.05, 0.1) is 10.9 Å². The van der Waals surface area contributed by atoms with Gasteiger partial charge >= 0.3 is 0 Å². The van der Waals surface area contributed by atoms with Crippen molar-refractivity contribution < 1.29 is 14.3 Å². The summed E-state index contributed by atoms with van der Waals surface area (Å²) in [5, 5.41) is 6.58. The molecule has 0 aliphatic carbocycles. The maximum absolute atomic E-state index is 12.9. The number of hydrogen-bond acceptors (Lipinski definition) is 6. The van der Waals surface area contributed by atoms with Crippen LogP contribution in [0.25, 0.3) is 10.6 Å². The van der Waals surface area contributed by atoms with Gasteiger partial charge in [-0.15, -0.1) is 11.3 Å². The average Bonchev–Trinajstić information content (AvgIpc) is 3.45. The molecule has 2 aromatic heterocycles. The molecule has 0 bridgehead atoms. The fourth-order valence-corrected chi connectivity index (χ4v) is 4.46. The van der Waals surface area contributed by atoms with Crippen molar-refractivity contribution in [2.75, 3.05) is 19.9 Å². The summed E-state index contributed by atoms with van der Waals surface area (Å²) in [7, 11) is 0. The summed E-state index contributed by atoms with van der Waals surface area (Å²) in [6.07, 6.45) is 1.38. The number of hydrogen-bond donors (Lipinski definition) is 0. The molecule has 7 nitrogen and oxygen atoms in total. The Bertz CT molecular complexity index is 1100. The number of ether oxygens (including phenoxy) is 2. The third-order valence-corrected chi connectivity index (χ3v) is 6.21. The molecular weight excluding hydrogens is 390 g/mol. The molecule has 1 saturated heterocycles. The van der Waals surface area contributed by atoms with Gasteiger partial charge in [0.15, 0.2) is 11.5 Å². The van der Waals surface area contributed by atoms with Crippen molar-refractivity contribution in [3.05, 3.63) is 63.8 Å². The number of likely N-dealkylation sites (tertiary alicyclic amines) is 1. The second-order valence-electron chi connectivity index (χ2n) is 7.07. The molecule has 29 heavy (non-hydrogen) atoms. The molecule has 2 aliphatic rings. The standard InChI is InChI=1S/C21H19N3O4S/c25-20-6-4-16(19-2-1-11-29-19)22-24(20)15-7-9-23(10-8-15)21(26)14-3-5-17-18(12-14)28-13-27-17/h1-6,11-12,15H,7-10,13H2. The number of carbonyl (C=O) groups excluding carboxylic acids is 1. The van der Waals surface area contributed by atoms with Gasteiger partial charge in [-0.3, -0.25) is 9.59 Å². The van der Waals surface area contributed by atoms with Gasteiger partial charge in [0.25, 0.3) is 11.5 Å². The van der Waals surface area contributed by atoms with Gasteiger partial charge in [-0.2, -0.15) is 5.10 Å². The quantitative estimate of drug-likeness (QED) is 0.664. The zero-order valence-electron chi connectivity index (χ0n) is 15.6. The Hall–Kier alpha value is -3.13. The molecule has 2 aliphatic heterocycles. The molecular formula is C21H19N3O4S. The Labute approximate surface area is 171 Å². The molecule has 148 valence electrons. The molecule has 0 radical (unpaired) electrons. The molecule has 3 aromatic rings. The van der Waals surface area contributed by atoms with Crippen LogP contribution in [0.4, 0.5) is 0 Å². The number of amides is 1. The predicted octanol–water partition coefficient (Wildman–Crippen LogP) is 3.18. The van der Waals surface area contributed by atoms with Crippen LogP contribution in [0.2, 0.25) is 0 Å². The number of rotatable bonds is 3.